The van der Waals surface area contributed by atoms with Crippen molar-refractivity contribution in [2.75, 3.05) is 6.54 Å². The lowest BCUT2D eigenvalue weighted by Crippen LogP contribution is -2.38. The first kappa shape index (κ1) is 12.6. The Labute approximate surface area is 106 Å². The molecule has 0 amide bonds. The standard InChI is InChI=1S/C14H19NOS/c1-10(2)15-9-14(3,16)12-6-4-5-11-7-8-17-13(11)12/h4-8,10,15-16H,9H2,1-3H3. The second-order valence-electron chi connectivity index (χ2n) is 4.95. The second-order valence-corrected chi connectivity index (χ2v) is 5.87. The Kier molecular flexibility index (Phi) is 3.52. The molecule has 0 aliphatic rings. The fourth-order valence-electron chi connectivity index (χ4n) is 1.92. The molecule has 0 aliphatic carbocycles. The van der Waals surface area contributed by atoms with Crippen LogP contribution in [0.25, 0.3) is 10.1 Å². The van der Waals surface area contributed by atoms with Gasteiger partial charge in [-0.25, -0.2) is 0 Å². The summed E-state index contributed by atoms with van der Waals surface area (Å²) in [5.74, 6) is 0. The van der Waals surface area contributed by atoms with E-state index in [9.17, 15) is 5.11 Å². The van der Waals surface area contributed by atoms with Gasteiger partial charge in [0, 0.05) is 22.8 Å². The number of nitrogens with one attached hydrogen (secondary N) is 1. The zero-order valence-corrected chi connectivity index (χ0v) is 11.3. The van der Waals surface area contributed by atoms with Crippen LogP contribution < -0.4 is 5.32 Å². The van der Waals surface area contributed by atoms with Crippen molar-refractivity contribution in [1.29, 1.82) is 0 Å². The molecule has 1 aromatic heterocycles. The van der Waals surface area contributed by atoms with Crippen molar-refractivity contribution in [2.24, 2.45) is 0 Å². The molecule has 0 saturated carbocycles. The van der Waals surface area contributed by atoms with Crippen molar-refractivity contribution in [3.63, 3.8) is 0 Å². The topological polar surface area (TPSA) is 32.3 Å². The molecule has 2 nitrogen and oxygen atoms in total. The van der Waals surface area contributed by atoms with Gasteiger partial charge < -0.3 is 10.4 Å². The van der Waals surface area contributed by atoms with Gasteiger partial charge in [-0.1, -0.05) is 32.0 Å². The van der Waals surface area contributed by atoms with Crippen LogP contribution >= 0.6 is 11.3 Å². The van der Waals surface area contributed by atoms with E-state index in [2.05, 4.69) is 36.7 Å². The Balaban J connectivity index is 2.34. The number of aliphatic hydroxyl groups is 1. The van der Waals surface area contributed by atoms with Gasteiger partial charge in [-0.15, -0.1) is 11.3 Å². The molecular formula is C14H19NOS. The van der Waals surface area contributed by atoms with E-state index in [1.807, 2.05) is 19.1 Å². The summed E-state index contributed by atoms with van der Waals surface area (Å²) < 4.78 is 1.18. The highest BCUT2D eigenvalue weighted by atomic mass is 32.1. The van der Waals surface area contributed by atoms with Crippen LogP contribution in [0.2, 0.25) is 0 Å². The molecule has 0 fully saturated rings. The fourth-order valence-corrected chi connectivity index (χ4v) is 2.95. The number of rotatable bonds is 4. The molecule has 2 aromatic rings. The van der Waals surface area contributed by atoms with Crippen LogP contribution in [0, 0.1) is 0 Å². The van der Waals surface area contributed by atoms with Gasteiger partial charge in [0.05, 0.1) is 0 Å². The minimum absolute atomic E-state index is 0.379. The quantitative estimate of drug-likeness (QED) is 0.872. The molecule has 92 valence electrons. The number of hydrogen-bond acceptors (Lipinski definition) is 3. The molecule has 1 heterocycles. The van der Waals surface area contributed by atoms with Crippen LogP contribution in [0.5, 0.6) is 0 Å². The summed E-state index contributed by atoms with van der Waals surface area (Å²) in [7, 11) is 0. The highest BCUT2D eigenvalue weighted by Crippen LogP contribution is 2.31. The van der Waals surface area contributed by atoms with Crippen molar-refractivity contribution < 1.29 is 5.11 Å². The minimum atomic E-state index is -0.825. The molecule has 0 bridgehead atoms. The van der Waals surface area contributed by atoms with Gasteiger partial charge in [0.2, 0.25) is 0 Å². The van der Waals surface area contributed by atoms with E-state index in [1.54, 1.807) is 11.3 Å². The summed E-state index contributed by atoms with van der Waals surface area (Å²) >= 11 is 1.69. The Morgan fingerprint density at radius 3 is 2.82 bits per heavy atom. The van der Waals surface area contributed by atoms with Crippen molar-refractivity contribution in [3.05, 3.63) is 35.2 Å². The lowest BCUT2D eigenvalue weighted by atomic mass is 9.94. The molecule has 2 N–H and O–H groups in total. The maximum Gasteiger partial charge on any atom is 0.101 e. The van der Waals surface area contributed by atoms with Crippen LogP contribution in [0.3, 0.4) is 0 Å². The summed E-state index contributed by atoms with van der Waals surface area (Å²) in [5, 5.41) is 17.2. The molecule has 0 aliphatic heterocycles. The highest BCUT2D eigenvalue weighted by Gasteiger charge is 2.25. The molecule has 0 saturated heterocycles. The first-order valence-electron chi connectivity index (χ1n) is 5.93. The largest absolute Gasteiger partial charge is 0.384 e. The van der Waals surface area contributed by atoms with Crippen molar-refractivity contribution in [1.82, 2.24) is 5.32 Å². The van der Waals surface area contributed by atoms with Gasteiger partial charge in [0.25, 0.3) is 0 Å². The second kappa shape index (κ2) is 4.77. The maximum atomic E-state index is 10.6. The van der Waals surface area contributed by atoms with E-state index >= 15 is 0 Å². The Morgan fingerprint density at radius 1 is 1.35 bits per heavy atom. The summed E-state index contributed by atoms with van der Waals surface area (Å²) in [4.78, 5) is 0. The normalized spacial score (nSPS) is 15.4. The third-order valence-electron chi connectivity index (χ3n) is 2.91. The summed E-state index contributed by atoms with van der Waals surface area (Å²) in [5.41, 5.74) is 0.187. The number of thiophene rings is 1. The third-order valence-corrected chi connectivity index (χ3v) is 3.88. The van der Waals surface area contributed by atoms with Crippen molar-refractivity contribution in [2.45, 2.75) is 32.4 Å². The molecule has 17 heavy (non-hydrogen) atoms. The molecule has 0 radical (unpaired) electrons. The van der Waals surface area contributed by atoms with Gasteiger partial charge in [-0.3, -0.25) is 0 Å². The van der Waals surface area contributed by atoms with Gasteiger partial charge in [-0.2, -0.15) is 0 Å². The van der Waals surface area contributed by atoms with Crippen LogP contribution in [-0.2, 0) is 5.60 Å². The zero-order valence-electron chi connectivity index (χ0n) is 10.5. The molecule has 3 heteroatoms. The maximum absolute atomic E-state index is 10.6. The molecule has 0 spiro atoms. The molecule has 1 unspecified atom stereocenters. The monoisotopic (exact) mass is 249 g/mol. The SMILES string of the molecule is CC(C)NCC(C)(O)c1cccc2ccsc12. The lowest BCUT2D eigenvalue weighted by molar-refractivity contribution is 0.0566. The van der Waals surface area contributed by atoms with E-state index in [0.29, 0.717) is 12.6 Å². The van der Waals surface area contributed by atoms with Crippen molar-refractivity contribution in [3.8, 4) is 0 Å². The van der Waals surface area contributed by atoms with Crippen LogP contribution in [0.1, 0.15) is 26.3 Å². The van der Waals surface area contributed by atoms with Gasteiger partial charge in [0.15, 0.2) is 0 Å². The van der Waals surface area contributed by atoms with Gasteiger partial charge in [0.1, 0.15) is 5.60 Å². The van der Waals surface area contributed by atoms with E-state index in [-0.39, 0.29) is 0 Å². The smallest absolute Gasteiger partial charge is 0.101 e. The highest BCUT2D eigenvalue weighted by molar-refractivity contribution is 7.17. The molecule has 1 aromatic carbocycles. The van der Waals surface area contributed by atoms with Gasteiger partial charge >= 0.3 is 0 Å². The van der Waals surface area contributed by atoms with E-state index in [1.165, 1.54) is 10.1 Å². The van der Waals surface area contributed by atoms with E-state index < -0.39 is 5.60 Å². The zero-order chi connectivity index (χ0) is 12.5. The molecule has 2 rings (SSSR count). The predicted molar refractivity (Wildman–Crippen MR) is 74.5 cm³/mol. The van der Waals surface area contributed by atoms with Gasteiger partial charge in [-0.05, 0) is 23.8 Å². The number of hydrogen-bond donors (Lipinski definition) is 2. The lowest BCUT2D eigenvalue weighted by Gasteiger charge is -2.26. The average Bonchev–Trinajstić information content (AvgIpc) is 2.74. The number of benzene rings is 1. The Morgan fingerprint density at radius 2 is 2.12 bits per heavy atom. The van der Waals surface area contributed by atoms with E-state index in [0.717, 1.165) is 5.56 Å². The van der Waals surface area contributed by atoms with Crippen molar-refractivity contribution >= 4 is 21.4 Å². The Hall–Kier alpha value is -0.900. The minimum Gasteiger partial charge on any atom is -0.384 e. The Bertz CT molecular complexity index is 502. The average molecular weight is 249 g/mol. The fraction of sp³-hybridized carbons (Fsp3) is 0.429. The van der Waals surface area contributed by atoms with Crippen LogP contribution in [0.4, 0.5) is 0 Å². The third kappa shape index (κ3) is 2.68. The predicted octanol–water partition coefficient (Wildman–Crippen LogP) is 3.11. The van der Waals surface area contributed by atoms with Crippen LogP contribution in [0.15, 0.2) is 29.6 Å². The van der Waals surface area contributed by atoms with E-state index in [4.69, 9.17) is 0 Å². The molecular weight excluding hydrogens is 230 g/mol. The first-order chi connectivity index (χ1) is 8.00. The molecule has 1 atom stereocenters. The first-order valence-corrected chi connectivity index (χ1v) is 6.81. The summed E-state index contributed by atoms with van der Waals surface area (Å²) in [6, 6.07) is 8.58. The number of fused-ring (bicyclic) bond motifs is 1. The summed E-state index contributed by atoms with van der Waals surface area (Å²) in [6.07, 6.45) is 0. The van der Waals surface area contributed by atoms with Crippen LogP contribution in [-0.4, -0.2) is 17.7 Å². The summed E-state index contributed by atoms with van der Waals surface area (Å²) in [6.45, 7) is 6.61.